The maximum atomic E-state index is 12.9. The second-order valence-electron chi connectivity index (χ2n) is 7.58. The molecule has 10 heteroatoms. The molecule has 0 saturated heterocycles. The lowest BCUT2D eigenvalue weighted by molar-refractivity contribution is -0.203. The second kappa shape index (κ2) is 10.5. The summed E-state index contributed by atoms with van der Waals surface area (Å²) in [6, 6.07) is 10.5. The van der Waals surface area contributed by atoms with Crippen molar-refractivity contribution < 1.29 is 32.9 Å². The quantitative estimate of drug-likeness (QED) is 0.488. The smallest absolute Gasteiger partial charge is 0.414 e. The standard InChI is InChI=1S/C24H23ClF3NO5/c1-33-18-6-4-15(21(9-18)34-2)11-29-12-16(13-30)20(10-23(29)32)19-8-17(25)5-3-14(19)7-22(31)24(26,27)28/h3-6,8-10,12,22,30-31H,7,11,13H2,1-2H3. The largest absolute Gasteiger partial charge is 0.497 e. The van der Waals surface area contributed by atoms with E-state index in [0.717, 1.165) is 0 Å². The molecule has 0 saturated carbocycles. The van der Waals surface area contributed by atoms with E-state index in [1.807, 2.05) is 0 Å². The summed E-state index contributed by atoms with van der Waals surface area (Å²) in [5.41, 5.74) is 1.13. The molecule has 0 bridgehead atoms. The summed E-state index contributed by atoms with van der Waals surface area (Å²) >= 11 is 6.07. The van der Waals surface area contributed by atoms with Gasteiger partial charge >= 0.3 is 6.18 Å². The Bertz CT molecular complexity index is 1230. The number of aromatic nitrogens is 1. The number of alkyl halides is 3. The Labute approximate surface area is 198 Å². The van der Waals surface area contributed by atoms with Crippen molar-refractivity contribution in [2.45, 2.75) is 31.9 Å². The molecule has 0 aliphatic carbocycles. The average molecular weight is 498 g/mol. The van der Waals surface area contributed by atoms with Gasteiger partial charge in [-0.3, -0.25) is 4.79 Å². The fourth-order valence-electron chi connectivity index (χ4n) is 3.59. The number of ether oxygens (including phenoxy) is 2. The first-order chi connectivity index (χ1) is 16.1. The minimum Gasteiger partial charge on any atom is -0.497 e. The highest BCUT2D eigenvalue weighted by atomic mass is 35.5. The summed E-state index contributed by atoms with van der Waals surface area (Å²) in [6.45, 7) is -0.363. The van der Waals surface area contributed by atoms with Gasteiger partial charge in [-0.25, -0.2) is 0 Å². The van der Waals surface area contributed by atoms with Gasteiger partial charge in [-0.1, -0.05) is 17.7 Å². The highest BCUT2D eigenvalue weighted by Crippen LogP contribution is 2.33. The van der Waals surface area contributed by atoms with Gasteiger partial charge in [0.05, 0.1) is 27.4 Å². The third kappa shape index (κ3) is 5.72. The van der Waals surface area contributed by atoms with Crippen molar-refractivity contribution in [1.82, 2.24) is 4.57 Å². The Hall–Kier alpha value is -3.01. The number of aliphatic hydroxyl groups is 2. The fourth-order valence-corrected chi connectivity index (χ4v) is 3.76. The molecule has 0 amide bonds. The van der Waals surface area contributed by atoms with Gasteiger partial charge in [0.2, 0.25) is 0 Å². The number of nitrogens with zero attached hydrogens (tertiary/aromatic N) is 1. The van der Waals surface area contributed by atoms with Crippen LogP contribution in [-0.2, 0) is 19.6 Å². The van der Waals surface area contributed by atoms with Gasteiger partial charge < -0.3 is 24.3 Å². The van der Waals surface area contributed by atoms with Gasteiger partial charge in [0, 0.05) is 40.9 Å². The van der Waals surface area contributed by atoms with Crippen molar-refractivity contribution in [2.75, 3.05) is 14.2 Å². The van der Waals surface area contributed by atoms with Crippen molar-refractivity contribution in [1.29, 1.82) is 0 Å². The zero-order chi connectivity index (χ0) is 25.0. The van der Waals surface area contributed by atoms with Crippen LogP contribution in [0.1, 0.15) is 16.7 Å². The van der Waals surface area contributed by atoms with Crippen LogP contribution in [0.2, 0.25) is 5.02 Å². The molecule has 0 aliphatic heterocycles. The summed E-state index contributed by atoms with van der Waals surface area (Å²) in [7, 11) is 3.00. The van der Waals surface area contributed by atoms with Crippen molar-refractivity contribution in [2.24, 2.45) is 0 Å². The highest BCUT2D eigenvalue weighted by molar-refractivity contribution is 6.30. The van der Waals surface area contributed by atoms with Crippen LogP contribution in [0.4, 0.5) is 13.2 Å². The van der Waals surface area contributed by atoms with Gasteiger partial charge in [0.25, 0.3) is 5.56 Å². The maximum Gasteiger partial charge on any atom is 0.414 e. The molecule has 1 atom stereocenters. The molecule has 182 valence electrons. The Morgan fingerprint density at radius 2 is 1.68 bits per heavy atom. The number of aliphatic hydroxyl groups excluding tert-OH is 2. The third-order valence-corrected chi connectivity index (χ3v) is 5.60. The molecule has 3 rings (SSSR count). The number of rotatable bonds is 8. The molecule has 1 unspecified atom stereocenters. The summed E-state index contributed by atoms with van der Waals surface area (Å²) in [5, 5.41) is 19.8. The topological polar surface area (TPSA) is 80.9 Å². The summed E-state index contributed by atoms with van der Waals surface area (Å²) in [4.78, 5) is 12.9. The van der Waals surface area contributed by atoms with Crippen LogP contribution < -0.4 is 15.0 Å². The van der Waals surface area contributed by atoms with Crippen LogP contribution in [0.15, 0.2) is 53.5 Å². The summed E-state index contributed by atoms with van der Waals surface area (Å²) in [6.07, 6.45) is -6.69. The highest BCUT2D eigenvalue weighted by Gasteiger charge is 2.38. The Balaban J connectivity index is 2.06. The van der Waals surface area contributed by atoms with E-state index in [-0.39, 0.29) is 28.3 Å². The monoisotopic (exact) mass is 497 g/mol. The summed E-state index contributed by atoms with van der Waals surface area (Å²) < 4.78 is 50.7. The molecule has 0 fully saturated rings. The van der Waals surface area contributed by atoms with Crippen LogP contribution in [-0.4, -0.2) is 41.3 Å². The molecule has 2 N–H and O–H groups in total. The molecule has 34 heavy (non-hydrogen) atoms. The third-order valence-electron chi connectivity index (χ3n) is 5.37. The van der Waals surface area contributed by atoms with Crippen molar-refractivity contribution in [3.8, 4) is 22.6 Å². The van der Waals surface area contributed by atoms with Crippen LogP contribution >= 0.6 is 11.6 Å². The molecule has 3 aromatic rings. The molecule has 2 aromatic carbocycles. The Morgan fingerprint density at radius 1 is 1.00 bits per heavy atom. The van der Waals surface area contributed by atoms with Gasteiger partial charge in [0.15, 0.2) is 6.10 Å². The van der Waals surface area contributed by atoms with E-state index in [4.69, 9.17) is 21.1 Å². The van der Waals surface area contributed by atoms with Gasteiger partial charge in [-0.15, -0.1) is 0 Å². The number of halogens is 4. The van der Waals surface area contributed by atoms with E-state index in [9.17, 15) is 28.2 Å². The zero-order valence-corrected chi connectivity index (χ0v) is 19.2. The van der Waals surface area contributed by atoms with E-state index in [1.165, 1.54) is 49.2 Å². The van der Waals surface area contributed by atoms with E-state index < -0.39 is 30.9 Å². The van der Waals surface area contributed by atoms with Crippen molar-refractivity contribution in [3.05, 3.63) is 80.7 Å². The average Bonchev–Trinajstić information content (AvgIpc) is 2.80. The number of pyridine rings is 1. The van der Waals surface area contributed by atoms with E-state index in [2.05, 4.69) is 0 Å². The van der Waals surface area contributed by atoms with Crippen LogP contribution in [0.25, 0.3) is 11.1 Å². The van der Waals surface area contributed by atoms with Crippen molar-refractivity contribution >= 4 is 11.6 Å². The van der Waals surface area contributed by atoms with Crippen molar-refractivity contribution in [3.63, 3.8) is 0 Å². The number of hydrogen-bond donors (Lipinski definition) is 2. The van der Waals surface area contributed by atoms with E-state index in [0.29, 0.717) is 22.6 Å². The van der Waals surface area contributed by atoms with Crippen LogP contribution in [0.3, 0.4) is 0 Å². The van der Waals surface area contributed by atoms with Gasteiger partial charge in [-0.2, -0.15) is 13.2 Å². The van der Waals surface area contributed by atoms with Gasteiger partial charge in [0.1, 0.15) is 11.5 Å². The number of benzene rings is 2. The Morgan fingerprint density at radius 3 is 2.29 bits per heavy atom. The van der Waals surface area contributed by atoms with E-state index in [1.54, 1.807) is 18.2 Å². The zero-order valence-electron chi connectivity index (χ0n) is 18.4. The molecular formula is C24H23ClF3NO5. The van der Waals surface area contributed by atoms with Crippen LogP contribution in [0.5, 0.6) is 11.5 Å². The van der Waals surface area contributed by atoms with E-state index >= 15 is 0 Å². The lowest BCUT2D eigenvalue weighted by Crippen LogP contribution is -2.30. The van der Waals surface area contributed by atoms with Gasteiger partial charge in [-0.05, 0) is 41.0 Å². The first-order valence-electron chi connectivity index (χ1n) is 10.2. The minimum atomic E-state index is -4.81. The molecule has 0 spiro atoms. The molecule has 1 aromatic heterocycles. The lowest BCUT2D eigenvalue weighted by Gasteiger charge is -2.19. The fraction of sp³-hybridized carbons (Fsp3) is 0.292. The lowest BCUT2D eigenvalue weighted by atomic mass is 9.93. The SMILES string of the molecule is COc1ccc(Cn2cc(CO)c(-c3cc(Cl)ccc3CC(O)C(F)(F)F)cc2=O)c(OC)c1. The second-order valence-corrected chi connectivity index (χ2v) is 8.01. The number of methoxy groups -OCH3 is 2. The predicted molar refractivity (Wildman–Crippen MR) is 121 cm³/mol. The first-order valence-corrected chi connectivity index (χ1v) is 10.5. The molecule has 1 heterocycles. The molecular weight excluding hydrogens is 475 g/mol. The summed E-state index contributed by atoms with van der Waals surface area (Å²) in [5.74, 6) is 1.08. The maximum absolute atomic E-state index is 12.9. The molecule has 0 aliphatic rings. The minimum absolute atomic E-state index is 0.120. The first kappa shape index (κ1) is 25.6. The number of hydrogen-bond acceptors (Lipinski definition) is 5. The van der Waals surface area contributed by atoms with Crippen LogP contribution in [0, 0.1) is 0 Å². The predicted octanol–water partition coefficient (Wildman–Crippen LogP) is 4.19. The Kier molecular flexibility index (Phi) is 7.91. The molecule has 0 radical (unpaired) electrons. The molecule has 6 nitrogen and oxygen atoms in total. The normalized spacial score (nSPS) is 12.5.